The molecule has 0 radical (unpaired) electrons. The van der Waals surface area contributed by atoms with Crippen LogP contribution in [0.3, 0.4) is 0 Å². The molecule has 1 aromatic heterocycles. The summed E-state index contributed by atoms with van der Waals surface area (Å²) in [6, 6.07) is 4.33. The van der Waals surface area contributed by atoms with Crippen LogP contribution < -0.4 is 9.84 Å². The van der Waals surface area contributed by atoms with Crippen molar-refractivity contribution in [2.45, 2.75) is 6.37 Å². The first-order chi connectivity index (χ1) is 9.99. The first-order valence-corrected chi connectivity index (χ1v) is 6.57. The van der Waals surface area contributed by atoms with Crippen LogP contribution in [0.4, 0.5) is 0 Å². The van der Waals surface area contributed by atoms with Gasteiger partial charge in [-0.25, -0.2) is 4.57 Å². The summed E-state index contributed by atoms with van der Waals surface area (Å²) in [5.41, 5.74) is 0.266. The van der Waals surface area contributed by atoms with Crippen LogP contribution in [0.2, 0.25) is 0 Å². The number of nitrogens with one attached hydrogen (secondary N) is 2. The fraction of sp³-hybridized carbons (Fsp3) is 0.273. The molecule has 0 fully saturated rings. The van der Waals surface area contributed by atoms with Crippen LogP contribution in [0, 0.1) is 0 Å². The average Bonchev–Trinajstić information content (AvgIpc) is 2.82. The van der Waals surface area contributed by atoms with Crippen molar-refractivity contribution in [3.8, 4) is 5.75 Å². The highest BCUT2D eigenvalue weighted by atomic mass is 31.2. The van der Waals surface area contributed by atoms with E-state index in [0.29, 0.717) is 5.52 Å². The third-order valence-corrected chi connectivity index (χ3v) is 2.64. The molecule has 98 valence electrons. The lowest BCUT2D eigenvalue weighted by Crippen LogP contribution is -2.10. The van der Waals surface area contributed by atoms with Crippen LogP contribution in [0.15, 0.2) is 24.4 Å². The molecule has 0 aliphatic carbocycles. The van der Waals surface area contributed by atoms with Crippen LogP contribution in [-0.2, 0) is 10.9 Å². The monoisotopic (exact) mass is 274 g/mol. The first-order valence-electron chi connectivity index (χ1n) is 7.04. The van der Waals surface area contributed by atoms with Gasteiger partial charge in [-0.2, -0.15) is 0 Å². The van der Waals surface area contributed by atoms with E-state index in [1.165, 1.54) is 25.4 Å². The molecule has 1 aromatic carbocycles. The maximum absolute atomic E-state index is 11.1. The van der Waals surface area contributed by atoms with Gasteiger partial charge < -0.3 is 14.8 Å². The van der Waals surface area contributed by atoms with Gasteiger partial charge in [-0.05, 0) is 37.6 Å². The smallest absolute Gasteiger partial charge is 0.404 e. The summed E-state index contributed by atoms with van der Waals surface area (Å²) in [5.74, 6) is -0.224. The molecule has 0 aliphatic heterocycles. The predicted molar refractivity (Wildman–Crippen MR) is 68.6 cm³/mol. The highest BCUT2D eigenvalue weighted by Crippen LogP contribution is 2.41. The van der Waals surface area contributed by atoms with Gasteiger partial charge in [-0.1, -0.05) is 6.07 Å². The van der Waals surface area contributed by atoms with Crippen LogP contribution in [-0.4, -0.2) is 28.3 Å². The van der Waals surface area contributed by atoms with Crippen molar-refractivity contribution in [3.05, 3.63) is 30.0 Å². The van der Waals surface area contributed by atoms with Gasteiger partial charge in [0, 0.05) is 22.6 Å². The van der Waals surface area contributed by atoms with E-state index in [9.17, 15) is 4.57 Å². The standard InChI is InChI=1S/C11H15N2O4P/c1-12-6-5-8-7-13-9-3-2-4-10(11(8)9)17-18(14,15)16/h2-4,7,12-13H,5-6H2,1H3,(H2,14,15,16)/i5D2,6D2. The lowest BCUT2D eigenvalue weighted by Gasteiger charge is -2.09. The van der Waals surface area contributed by atoms with E-state index < -0.39 is 20.7 Å². The Hall–Kier alpha value is -1.33. The highest BCUT2D eigenvalue weighted by molar-refractivity contribution is 7.46. The molecular weight excluding hydrogens is 255 g/mol. The van der Waals surface area contributed by atoms with E-state index in [4.69, 9.17) is 15.3 Å². The van der Waals surface area contributed by atoms with Crippen LogP contribution in [0.5, 0.6) is 5.75 Å². The maximum atomic E-state index is 11.1. The van der Waals surface area contributed by atoms with E-state index in [-0.39, 0.29) is 16.7 Å². The van der Waals surface area contributed by atoms with Crippen molar-refractivity contribution in [1.29, 1.82) is 0 Å². The molecule has 2 rings (SSSR count). The third-order valence-electron chi connectivity index (χ3n) is 2.21. The zero-order chi connectivity index (χ0) is 16.8. The molecule has 0 aliphatic rings. The molecule has 6 nitrogen and oxygen atoms in total. The number of phosphoric acid groups is 1. The summed E-state index contributed by atoms with van der Waals surface area (Å²) >= 11 is 0. The van der Waals surface area contributed by atoms with Crippen molar-refractivity contribution in [3.63, 3.8) is 0 Å². The minimum absolute atomic E-state index is 0.0787. The summed E-state index contributed by atoms with van der Waals surface area (Å²) in [5, 5.41) is 2.33. The number of rotatable bonds is 5. The Morgan fingerprint density at radius 3 is 3.00 bits per heavy atom. The van der Waals surface area contributed by atoms with E-state index in [1.807, 2.05) is 0 Å². The molecule has 0 amide bonds. The van der Waals surface area contributed by atoms with E-state index in [0.717, 1.165) is 0 Å². The quantitative estimate of drug-likeness (QED) is 0.618. The molecule has 0 saturated heterocycles. The second kappa shape index (κ2) is 5.12. The van der Waals surface area contributed by atoms with Crippen molar-refractivity contribution < 1.29 is 24.4 Å². The molecular formula is C11H15N2O4P. The van der Waals surface area contributed by atoms with Crippen molar-refractivity contribution in [2.24, 2.45) is 0 Å². The van der Waals surface area contributed by atoms with Gasteiger partial charge in [0.05, 0.1) is 0 Å². The summed E-state index contributed by atoms with van der Waals surface area (Å²) < 4.78 is 47.3. The number of hydrogen-bond acceptors (Lipinski definition) is 3. The Labute approximate surface area is 110 Å². The number of benzene rings is 1. The minimum Gasteiger partial charge on any atom is -0.404 e. The second-order valence-corrected chi connectivity index (χ2v) is 4.63. The third kappa shape index (κ3) is 2.91. The summed E-state index contributed by atoms with van der Waals surface area (Å²) in [6.07, 6.45) is -1.22. The zero-order valence-electron chi connectivity index (χ0n) is 13.5. The molecule has 0 unspecified atom stereocenters. The van der Waals surface area contributed by atoms with Gasteiger partial charge in [0.25, 0.3) is 0 Å². The largest absolute Gasteiger partial charge is 0.524 e. The van der Waals surface area contributed by atoms with Crippen LogP contribution in [0.25, 0.3) is 10.9 Å². The summed E-state index contributed by atoms with van der Waals surface area (Å²) in [7, 11) is -3.56. The van der Waals surface area contributed by atoms with E-state index >= 15 is 0 Å². The average molecular weight is 274 g/mol. The molecule has 7 heteroatoms. The van der Waals surface area contributed by atoms with Gasteiger partial charge in [0.1, 0.15) is 5.75 Å². The van der Waals surface area contributed by atoms with Crippen LogP contribution >= 0.6 is 7.82 Å². The molecule has 0 spiro atoms. The normalized spacial score (nSPS) is 16.8. The molecule has 2 aromatic rings. The number of phosphoric ester groups is 1. The highest BCUT2D eigenvalue weighted by Gasteiger charge is 2.19. The van der Waals surface area contributed by atoms with E-state index in [1.54, 1.807) is 6.07 Å². The van der Waals surface area contributed by atoms with Gasteiger partial charge in [0.15, 0.2) is 0 Å². The van der Waals surface area contributed by atoms with Gasteiger partial charge in [0.2, 0.25) is 0 Å². The predicted octanol–water partition coefficient (Wildman–Crippen LogP) is 1.40. The Morgan fingerprint density at radius 2 is 2.33 bits per heavy atom. The topological polar surface area (TPSA) is 94.6 Å². The lowest BCUT2D eigenvalue weighted by atomic mass is 10.1. The summed E-state index contributed by atoms with van der Waals surface area (Å²) in [4.78, 5) is 20.7. The van der Waals surface area contributed by atoms with Crippen molar-refractivity contribution in [1.82, 2.24) is 10.3 Å². The minimum atomic E-state index is -4.83. The number of hydrogen-bond donors (Lipinski definition) is 4. The first kappa shape index (κ1) is 8.72. The van der Waals surface area contributed by atoms with Crippen molar-refractivity contribution in [2.75, 3.05) is 13.5 Å². The fourth-order valence-electron chi connectivity index (χ4n) is 1.58. The summed E-state index contributed by atoms with van der Waals surface area (Å²) in [6.45, 7) is -2.41. The SMILES string of the molecule is [2H]C([2H])(NC)C([2H])([2H])c1c[nH]c2cccc(OP(=O)(O)O)c12. The molecule has 18 heavy (non-hydrogen) atoms. The van der Waals surface area contributed by atoms with Crippen molar-refractivity contribution >= 4 is 18.7 Å². The Morgan fingerprint density at radius 1 is 1.56 bits per heavy atom. The zero-order valence-corrected chi connectivity index (χ0v) is 10.4. The van der Waals surface area contributed by atoms with Gasteiger partial charge >= 0.3 is 7.82 Å². The van der Waals surface area contributed by atoms with Crippen LogP contribution in [0.1, 0.15) is 11.0 Å². The fourth-order valence-corrected chi connectivity index (χ4v) is 1.99. The Balaban J connectivity index is 2.69. The Bertz CT molecular complexity index is 743. The molecule has 4 N–H and O–H groups in total. The molecule has 1 heterocycles. The number of H-pyrrole nitrogens is 1. The van der Waals surface area contributed by atoms with Gasteiger partial charge in [-0.15, -0.1) is 0 Å². The molecule has 0 bridgehead atoms. The number of aryl methyl sites for hydroxylation is 1. The molecule has 0 atom stereocenters. The number of aromatic nitrogens is 1. The number of aromatic amines is 1. The van der Waals surface area contributed by atoms with E-state index in [2.05, 4.69) is 14.8 Å². The van der Waals surface area contributed by atoms with Gasteiger partial charge in [-0.3, -0.25) is 9.79 Å². The lowest BCUT2D eigenvalue weighted by molar-refractivity contribution is 0.284. The second-order valence-electron chi connectivity index (χ2n) is 3.46. The Kier molecular flexibility index (Phi) is 2.48. The molecule has 0 saturated carbocycles. The number of likely N-dealkylation sites (N-methyl/N-ethyl adjacent to an activating group) is 1. The number of fused-ring (bicyclic) bond motifs is 1. The maximum Gasteiger partial charge on any atom is 0.524 e.